The van der Waals surface area contributed by atoms with E-state index < -0.39 is 0 Å². The SMILES string of the molecule is C=C/C=C\c1cnc(-c2c(C)[nH]c3ccccc23)[nH]1. The molecule has 3 aromatic rings. The van der Waals surface area contributed by atoms with E-state index in [-0.39, 0.29) is 0 Å². The van der Waals surface area contributed by atoms with Crippen LogP contribution in [0, 0.1) is 6.92 Å². The van der Waals surface area contributed by atoms with Crippen molar-refractivity contribution >= 4 is 17.0 Å². The second-order valence-electron chi connectivity index (χ2n) is 4.45. The summed E-state index contributed by atoms with van der Waals surface area (Å²) >= 11 is 0. The summed E-state index contributed by atoms with van der Waals surface area (Å²) in [5, 5.41) is 1.19. The molecule has 0 bridgehead atoms. The van der Waals surface area contributed by atoms with Crippen LogP contribution >= 0.6 is 0 Å². The molecule has 0 saturated heterocycles. The number of hydrogen-bond donors (Lipinski definition) is 2. The maximum atomic E-state index is 4.46. The summed E-state index contributed by atoms with van der Waals surface area (Å²) < 4.78 is 0. The summed E-state index contributed by atoms with van der Waals surface area (Å²) in [7, 11) is 0. The maximum absolute atomic E-state index is 4.46. The first-order valence-electron chi connectivity index (χ1n) is 6.21. The molecule has 0 aliphatic rings. The topological polar surface area (TPSA) is 44.5 Å². The number of nitrogens with zero attached hydrogens (tertiary/aromatic N) is 1. The summed E-state index contributed by atoms with van der Waals surface area (Å²) in [6.07, 6.45) is 7.42. The molecule has 1 aromatic carbocycles. The molecule has 0 saturated carbocycles. The van der Waals surface area contributed by atoms with Crippen molar-refractivity contribution in [1.29, 1.82) is 0 Å². The number of H-pyrrole nitrogens is 2. The molecule has 94 valence electrons. The van der Waals surface area contributed by atoms with E-state index in [1.54, 1.807) is 6.08 Å². The fraction of sp³-hybridized carbons (Fsp3) is 0.0625. The van der Waals surface area contributed by atoms with Crippen LogP contribution < -0.4 is 0 Å². The molecular weight excluding hydrogens is 234 g/mol. The van der Waals surface area contributed by atoms with E-state index in [1.807, 2.05) is 30.5 Å². The van der Waals surface area contributed by atoms with Gasteiger partial charge in [-0.15, -0.1) is 0 Å². The average molecular weight is 249 g/mol. The van der Waals surface area contributed by atoms with E-state index in [1.165, 1.54) is 5.39 Å². The fourth-order valence-electron chi connectivity index (χ4n) is 2.30. The van der Waals surface area contributed by atoms with Crippen molar-refractivity contribution in [3.63, 3.8) is 0 Å². The molecule has 2 aromatic heterocycles. The van der Waals surface area contributed by atoms with Gasteiger partial charge in [0.05, 0.1) is 11.9 Å². The van der Waals surface area contributed by atoms with E-state index in [9.17, 15) is 0 Å². The molecule has 2 N–H and O–H groups in total. The van der Waals surface area contributed by atoms with Crippen LogP contribution in [0.2, 0.25) is 0 Å². The molecule has 3 heteroatoms. The van der Waals surface area contributed by atoms with Crippen LogP contribution in [0.4, 0.5) is 0 Å². The van der Waals surface area contributed by atoms with E-state index in [0.29, 0.717) is 0 Å². The van der Waals surface area contributed by atoms with Crippen molar-refractivity contribution in [2.75, 3.05) is 0 Å². The number of benzene rings is 1. The van der Waals surface area contributed by atoms with Crippen molar-refractivity contribution in [3.8, 4) is 11.4 Å². The number of hydrogen-bond acceptors (Lipinski definition) is 1. The van der Waals surface area contributed by atoms with Gasteiger partial charge in [-0.25, -0.2) is 4.98 Å². The first-order chi connectivity index (χ1) is 9.29. The number of nitrogens with one attached hydrogen (secondary N) is 2. The van der Waals surface area contributed by atoms with Crippen LogP contribution in [0.1, 0.15) is 11.4 Å². The molecule has 0 amide bonds. The largest absolute Gasteiger partial charge is 0.358 e. The highest BCUT2D eigenvalue weighted by Crippen LogP contribution is 2.29. The summed E-state index contributed by atoms with van der Waals surface area (Å²) in [5.41, 5.74) is 4.36. The highest BCUT2D eigenvalue weighted by Gasteiger charge is 2.12. The average Bonchev–Trinajstić information content (AvgIpc) is 2.99. The Labute approximate surface area is 111 Å². The zero-order chi connectivity index (χ0) is 13.2. The monoisotopic (exact) mass is 249 g/mol. The molecule has 0 aliphatic carbocycles. The van der Waals surface area contributed by atoms with Gasteiger partial charge in [0.15, 0.2) is 0 Å². The van der Waals surface area contributed by atoms with Crippen LogP contribution in [0.5, 0.6) is 0 Å². The van der Waals surface area contributed by atoms with Gasteiger partial charge in [0, 0.05) is 22.2 Å². The van der Waals surface area contributed by atoms with Crippen LogP contribution in [0.25, 0.3) is 28.4 Å². The predicted molar refractivity (Wildman–Crippen MR) is 79.8 cm³/mol. The summed E-state index contributed by atoms with van der Waals surface area (Å²) in [6, 6.07) is 8.26. The molecule has 0 radical (unpaired) electrons. The normalized spacial score (nSPS) is 11.4. The zero-order valence-electron chi connectivity index (χ0n) is 10.8. The van der Waals surface area contributed by atoms with Crippen molar-refractivity contribution < 1.29 is 0 Å². The summed E-state index contributed by atoms with van der Waals surface area (Å²) in [5.74, 6) is 0.888. The van der Waals surface area contributed by atoms with Crippen LogP contribution in [-0.2, 0) is 0 Å². The second kappa shape index (κ2) is 4.61. The van der Waals surface area contributed by atoms with E-state index in [0.717, 1.165) is 28.3 Å². The third-order valence-electron chi connectivity index (χ3n) is 3.14. The number of fused-ring (bicyclic) bond motifs is 1. The molecule has 0 fully saturated rings. The Balaban J connectivity index is 2.13. The Bertz CT molecular complexity index is 759. The Morgan fingerprint density at radius 3 is 2.89 bits per heavy atom. The van der Waals surface area contributed by atoms with Gasteiger partial charge in [-0.05, 0) is 19.1 Å². The number of imidazole rings is 1. The van der Waals surface area contributed by atoms with E-state index >= 15 is 0 Å². The summed E-state index contributed by atoms with van der Waals surface area (Å²) in [4.78, 5) is 11.2. The zero-order valence-corrected chi connectivity index (χ0v) is 10.8. The number of para-hydroxylation sites is 1. The molecule has 0 unspecified atom stereocenters. The molecule has 19 heavy (non-hydrogen) atoms. The van der Waals surface area contributed by atoms with Crippen molar-refractivity contribution in [2.24, 2.45) is 0 Å². The van der Waals surface area contributed by atoms with E-state index in [2.05, 4.69) is 40.6 Å². The molecule has 2 heterocycles. The quantitative estimate of drug-likeness (QED) is 0.675. The minimum absolute atomic E-state index is 0.888. The predicted octanol–water partition coefficient (Wildman–Crippen LogP) is 4.07. The van der Waals surface area contributed by atoms with Gasteiger partial charge >= 0.3 is 0 Å². The minimum atomic E-state index is 0.888. The lowest BCUT2D eigenvalue weighted by Gasteiger charge is -1.96. The van der Waals surface area contributed by atoms with Gasteiger partial charge in [-0.1, -0.05) is 36.9 Å². The van der Waals surface area contributed by atoms with Gasteiger partial charge in [-0.3, -0.25) is 0 Å². The number of aromatic amines is 2. The van der Waals surface area contributed by atoms with Crippen LogP contribution in [0.15, 0.2) is 49.2 Å². The lowest BCUT2D eigenvalue weighted by Crippen LogP contribution is -1.82. The van der Waals surface area contributed by atoms with Crippen LogP contribution in [0.3, 0.4) is 0 Å². The minimum Gasteiger partial charge on any atom is -0.358 e. The first-order valence-corrected chi connectivity index (χ1v) is 6.21. The van der Waals surface area contributed by atoms with Gasteiger partial charge < -0.3 is 9.97 Å². The first kappa shape index (κ1) is 11.5. The Kier molecular flexibility index (Phi) is 2.80. The maximum Gasteiger partial charge on any atom is 0.140 e. The highest BCUT2D eigenvalue weighted by atomic mass is 14.9. The Morgan fingerprint density at radius 2 is 2.05 bits per heavy atom. The molecule has 3 nitrogen and oxygen atoms in total. The molecular formula is C16H15N3. The highest BCUT2D eigenvalue weighted by molar-refractivity contribution is 5.95. The van der Waals surface area contributed by atoms with Crippen molar-refractivity contribution in [1.82, 2.24) is 15.0 Å². The lowest BCUT2D eigenvalue weighted by molar-refractivity contribution is 1.25. The number of aryl methyl sites for hydroxylation is 1. The Hall–Kier alpha value is -2.55. The van der Waals surface area contributed by atoms with Gasteiger partial charge in [0.1, 0.15) is 5.82 Å². The van der Waals surface area contributed by atoms with Crippen LogP contribution in [-0.4, -0.2) is 15.0 Å². The smallest absolute Gasteiger partial charge is 0.140 e. The van der Waals surface area contributed by atoms with Crippen molar-refractivity contribution in [2.45, 2.75) is 6.92 Å². The molecule has 0 atom stereocenters. The standard InChI is InChI=1S/C16H15N3/c1-3-4-7-12-10-17-16(19-12)15-11(2)18-14-9-6-5-8-13(14)15/h3-10,18H,1H2,2H3,(H,17,19)/b7-4-. The number of rotatable bonds is 3. The Morgan fingerprint density at radius 1 is 1.21 bits per heavy atom. The van der Waals surface area contributed by atoms with Crippen molar-refractivity contribution in [3.05, 3.63) is 60.6 Å². The number of aromatic nitrogens is 3. The third kappa shape index (κ3) is 1.99. The molecule has 0 aliphatic heterocycles. The number of allylic oxidation sites excluding steroid dienone is 2. The van der Waals surface area contributed by atoms with Gasteiger partial charge in [0.25, 0.3) is 0 Å². The molecule has 3 rings (SSSR count). The fourth-order valence-corrected chi connectivity index (χ4v) is 2.30. The second-order valence-corrected chi connectivity index (χ2v) is 4.45. The third-order valence-corrected chi connectivity index (χ3v) is 3.14. The van der Waals surface area contributed by atoms with Gasteiger partial charge in [-0.2, -0.15) is 0 Å². The molecule has 0 spiro atoms. The van der Waals surface area contributed by atoms with E-state index in [4.69, 9.17) is 0 Å². The van der Waals surface area contributed by atoms with Gasteiger partial charge in [0.2, 0.25) is 0 Å². The lowest BCUT2D eigenvalue weighted by atomic mass is 10.1. The summed E-state index contributed by atoms with van der Waals surface area (Å²) in [6.45, 7) is 5.73.